The molecular formula is C25H31N5O. The molecule has 0 radical (unpaired) electrons. The number of rotatable bonds is 6. The van der Waals surface area contributed by atoms with Crippen LogP contribution in [0.3, 0.4) is 0 Å². The first kappa shape index (κ1) is 21.1. The van der Waals surface area contributed by atoms with Crippen LogP contribution in [0.1, 0.15) is 63.1 Å². The summed E-state index contributed by atoms with van der Waals surface area (Å²) in [6.07, 6.45) is 4.63. The molecule has 1 amide bonds. The van der Waals surface area contributed by atoms with Crippen LogP contribution >= 0.6 is 0 Å². The van der Waals surface area contributed by atoms with Crippen LogP contribution < -0.4 is 4.90 Å². The first-order valence-corrected chi connectivity index (χ1v) is 11.0. The van der Waals surface area contributed by atoms with Crippen molar-refractivity contribution in [1.29, 1.82) is 0 Å². The fraction of sp³-hybridized carbons (Fsp3) is 0.400. The van der Waals surface area contributed by atoms with Gasteiger partial charge < -0.3 is 9.88 Å². The Morgan fingerprint density at radius 3 is 2.58 bits per heavy atom. The minimum absolute atomic E-state index is 0.0211. The molecule has 0 spiro atoms. The smallest absolute Gasteiger partial charge is 0.260 e. The number of amides is 1. The van der Waals surface area contributed by atoms with Crippen molar-refractivity contribution in [3.05, 3.63) is 54.0 Å². The van der Waals surface area contributed by atoms with Gasteiger partial charge in [0.15, 0.2) is 5.65 Å². The second-order valence-corrected chi connectivity index (χ2v) is 9.12. The van der Waals surface area contributed by atoms with Crippen molar-refractivity contribution in [3.8, 4) is 0 Å². The molecule has 0 aliphatic heterocycles. The molecule has 0 aliphatic rings. The number of nitrogens with one attached hydrogen (secondary N) is 1. The van der Waals surface area contributed by atoms with E-state index in [0.29, 0.717) is 11.5 Å². The lowest BCUT2D eigenvalue weighted by molar-refractivity contribution is 0.0975. The lowest BCUT2D eigenvalue weighted by Gasteiger charge is -2.31. The maximum absolute atomic E-state index is 13.9. The summed E-state index contributed by atoms with van der Waals surface area (Å²) in [5, 5.41) is 6.45. The van der Waals surface area contributed by atoms with Gasteiger partial charge in [-0.05, 0) is 70.4 Å². The molecule has 0 fully saturated rings. The SMILES string of the molecule is Cc1nc2c(cnn2C(C)C)cc1C(=O)N(c1ccc2[nH]ccc2c1)C(C)CC(C)C. The summed E-state index contributed by atoms with van der Waals surface area (Å²) in [5.41, 5.74) is 4.14. The van der Waals surface area contributed by atoms with Crippen LogP contribution in [0.25, 0.3) is 21.9 Å². The van der Waals surface area contributed by atoms with Crippen LogP contribution in [0.4, 0.5) is 5.69 Å². The minimum Gasteiger partial charge on any atom is -0.361 e. The zero-order valence-corrected chi connectivity index (χ0v) is 19.2. The van der Waals surface area contributed by atoms with E-state index in [1.165, 1.54) is 0 Å². The van der Waals surface area contributed by atoms with Crippen molar-refractivity contribution in [3.63, 3.8) is 0 Å². The molecule has 6 nitrogen and oxygen atoms in total. The molecule has 4 aromatic rings. The van der Waals surface area contributed by atoms with Crippen LogP contribution in [0.15, 0.2) is 42.7 Å². The molecule has 0 saturated carbocycles. The van der Waals surface area contributed by atoms with Crippen LogP contribution in [0.2, 0.25) is 0 Å². The van der Waals surface area contributed by atoms with E-state index in [0.717, 1.165) is 39.7 Å². The Bertz CT molecular complexity index is 1230. The van der Waals surface area contributed by atoms with E-state index in [9.17, 15) is 4.79 Å². The Balaban J connectivity index is 1.80. The van der Waals surface area contributed by atoms with Crippen molar-refractivity contribution in [2.24, 2.45) is 5.92 Å². The summed E-state index contributed by atoms with van der Waals surface area (Å²) in [5.74, 6) is 0.458. The molecule has 1 unspecified atom stereocenters. The number of carbonyl (C=O) groups is 1. The highest BCUT2D eigenvalue weighted by Gasteiger charge is 2.27. The van der Waals surface area contributed by atoms with Gasteiger partial charge in [0, 0.05) is 40.3 Å². The van der Waals surface area contributed by atoms with Crippen LogP contribution in [-0.2, 0) is 0 Å². The summed E-state index contributed by atoms with van der Waals surface area (Å²) in [4.78, 5) is 23.8. The van der Waals surface area contributed by atoms with Gasteiger partial charge in [0.2, 0.25) is 0 Å². The van der Waals surface area contributed by atoms with Crippen LogP contribution in [0, 0.1) is 12.8 Å². The number of hydrogen-bond donors (Lipinski definition) is 1. The zero-order valence-electron chi connectivity index (χ0n) is 19.2. The average Bonchev–Trinajstić information content (AvgIpc) is 3.32. The largest absolute Gasteiger partial charge is 0.361 e. The highest BCUT2D eigenvalue weighted by atomic mass is 16.2. The van der Waals surface area contributed by atoms with E-state index in [-0.39, 0.29) is 18.0 Å². The quantitative estimate of drug-likeness (QED) is 0.426. The molecule has 3 heterocycles. The second-order valence-electron chi connectivity index (χ2n) is 9.12. The first-order chi connectivity index (χ1) is 14.8. The number of H-pyrrole nitrogens is 1. The predicted octanol–water partition coefficient (Wildman–Crippen LogP) is 5.88. The Morgan fingerprint density at radius 1 is 1.10 bits per heavy atom. The lowest BCUT2D eigenvalue weighted by atomic mass is 10.0. The Labute approximate surface area is 183 Å². The molecule has 0 aliphatic carbocycles. The minimum atomic E-state index is -0.0211. The van der Waals surface area contributed by atoms with E-state index in [1.807, 2.05) is 47.0 Å². The highest BCUT2D eigenvalue weighted by molar-refractivity contribution is 6.09. The molecule has 6 heteroatoms. The summed E-state index contributed by atoms with van der Waals surface area (Å²) in [6, 6.07) is 10.4. The van der Waals surface area contributed by atoms with E-state index >= 15 is 0 Å². The number of carbonyl (C=O) groups excluding carboxylic acids is 1. The van der Waals surface area contributed by atoms with Gasteiger partial charge in [-0.3, -0.25) is 4.79 Å². The van der Waals surface area contributed by atoms with Gasteiger partial charge in [0.05, 0.1) is 17.5 Å². The second kappa shape index (κ2) is 8.17. The molecule has 1 aromatic carbocycles. The standard InChI is InChI=1S/C25H31N5O/c1-15(2)11-17(5)29(21-7-8-23-19(12-21)9-10-26-23)25(31)22-13-20-14-27-30(16(3)4)24(20)28-18(22)6/h7-10,12-17,26H,11H2,1-6H3. The summed E-state index contributed by atoms with van der Waals surface area (Å²) in [7, 11) is 0. The Hall–Kier alpha value is -3.15. The first-order valence-electron chi connectivity index (χ1n) is 11.0. The monoisotopic (exact) mass is 417 g/mol. The summed E-state index contributed by atoms with van der Waals surface area (Å²) in [6.45, 7) is 12.6. The molecule has 31 heavy (non-hydrogen) atoms. The summed E-state index contributed by atoms with van der Waals surface area (Å²) >= 11 is 0. The van der Waals surface area contributed by atoms with E-state index < -0.39 is 0 Å². The van der Waals surface area contributed by atoms with E-state index in [4.69, 9.17) is 4.98 Å². The normalized spacial score (nSPS) is 12.9. The lowest BCUT2D eigenvalue weighted by Crippen LogP contribution is -2.40. The average molecular weight is 418 g/mol. The number of benzene rings is 1. The van der Waals surface area contributed by atoms with Crippen molar-refractivity contribution in [1.82, 2.24) is 19.7 Å². The van der Waals surface area contributed by atoms with Crippen molar-refractivity contribution in [2.75, 3.05) is 4.90 Å². The number of nitrogens with zero attached hydrogens (tertiary/aromatic N) is 4. The third kappa shape index (κ3) is 3.94. The molecule has 3 aromatic heterocycles. The van der Waals surface area contributed by atoms with Gasteiger partial charge in [-0.15, -0.1) is 0 Å². The number of hydrogen-bond acceptors (Lipinski definition) is 3. The third-order valence-corrected chi connectivity index (χ3v) is 5.77. The van der Waals surface area contributed by atoms with Crippen LogP contribution in [0.5, 0.6) is 0 Å². The number of aromatic nitrogens is 4. The maximum atomic E-state index is 13.9. The number of fused-ring (bicyclic) bond motifs is 2. The van der Waals surface area contributed by atoms with Gasteiger partial charge >= 0.3 is 0 Å². The van der Waals surface area contributed by atoms with E-state index in [1.54, 1.807) is 6.20 Å². The topological polar surface area (TPSA) is 66.8 Å². The number of pyridine rings is 1. The number of anilines is 1. The molecular weight excluding hydrogens is 386 g/mol. The van der Waals surface area contributed by atoms with E-state index in [2.05, 4.69) is 50.8 Å². The highest BCUT2D eigenvalue weighted by Crippen LogP contribution is 2.28. The fourth-order valence-corrected chi connectivity index (χ4v) is 4.34. The maximum Gasteiger partial charge on any atom is 0.260 e. The third-order valence-electron chi connectivity index (χ3n) is 5.77. The number of aromatic amines is 1. The van der Waals surface area contributed by atoms with Gasteiger partial charge in [-0.1, -0.05) is 13.8 Å². The molecule has 4 rings (SSSR count). The number of aryl methyl sites for hydroxylation is 1. The van der Waals surface area contributed by atoms with Crippen molar-refractivity contribution in [2.45, 2.75) is 60.0 Å². The molecule has 1 atom stereocenters. The Kier molecular flexibility index (Phi) is 5.56. The van der Waals surface area contributed by atoms with Gasteiger partial charge in [0.1, 0.15) is 0 Å². The fourth-order valence-electron chi connectivity index (χ4n) is 4.34. The Morgan fingerprint density at radius 2 is 1.87 bits per heavy atom. The van der Waals surface area contributed by atoms with Crippen molar-refractivity contribution < 1.29 is 4.79 Å². The predicted molar refractivity (Wildman–Crippen MR) is 127 cm³/mol. The van der Waals surface area contributed by atoms with Crippen LogP contribution in [-0.4, -0.2) is 31.7 Å². The van der Waals surface area contributed by atoms with Gasteiger partial charge in [0.25, 0.3) is 5.91 Å². The molecule has 0 saturated heterocycles. The molecule has 162 valence electrons. The van der Waals surface area contributed by atoms with Gasteiger partial charge in [-0.25, -0.2) is 9.67 Å². The molecule has 0 bridgehead atoms. The van der Waals surface area contributed by atoms with Gasteiger partial charge in [-0.2, -0.15) is 5.10 Å². The summed E-state index contributed by atoms with van der Waals surface area (Å²) < 4.78 is 1.90. The zero-order chi connectivity index (χ0) is 22.3. The molecule has 1 N–H and O–H groups in total. The van der Waals surface area contributed by atoms with Crippen molar-refractivity contribution >= 4 is 33.5 Å².